The van der Waals surface area contributed by atoms with Gasteiger partial charge < -0.3 is 4.74 Å². The van der Waals surface area contributed by atoms with Crippen molar-refractivity contribution in [3.05, 3.63) is 53.9 Å². The summed E-state index contributed by atoms with van der Waals surface area (Å²) in [6.45, 7) is 4.11. The highest BCUT2D eigenvalue weighted by Crippen LogP contribution is 2.25. The number of aromatic nitrogens is 1. The molecule has 0 N–H and O–H groups in total. The van der Waals surface area contributed by atoms with E-state index in [0.29, 0.717) is 5.75 Å². The monoisotopic (exact) mass is 198 g/mol. The quantitative estimate of drug-likeness (QED) is 0.738. The molecule has 1 heterocycles. The molecular weight excluding hydrogens is 186 g/mol. The molecule has 0 fully saturated rings. The van der Waals surface area contributed by atoms with Gasteiger partial charge in [0.1, 0.15) is 5.75 Å². The number of pyridine rings is 1. The highest BCUT2D eigenvalue weighted by Gasteiger charge is 2.02. The van der Waals surface area contributed by atoms with Crippen molar-refractivity contribution in [3.8, 4) is 11.5 Å². The fourth-order valence-electron chi connectivity index (χ4n) is 1.32. The third-order valence-electron chi connectivity index (χ3n) is 2.35. The van der Waals surface area contributed by atoms with Crippen LogP contribution in [0.5, 0.6) is 11.5 Å². The molecular formula is C13H12NO. The molecule has 75 valence electrons. The maximum Gasteiger partial charge on any atom is 0.153 e. The van der Waals surface area contributed by atoms with Crippen molar-refractivity contribution in [1.82, 2.24) is 4.98 Å². The maximum absolute atomic E-state index is 5.67. The summed E-state index contributed by atoms with van der Waals surface area (Å²) in [6, 6.07) is 10.7. The number of aryl methyl sites for hydroxylation is 1. The molecule has 2 nitrogen and oxygen atoms in total. The lowest BCUT2D eigenvalue weighted by Gasteiger charge is -2.09. The van der Waals surface area contributed by atoms with E-state index in [-0.39, 0.29) is 0 Å². The Kier molecular flexibility index (Phi) is 2.68. The minimum atomic E-state index is 0.645. The van der Waals surface area contributed by atoms with Crippen molar-refractivity contribution in [3.63, 3.8) is 0 Å². The van der Waals surface area contributed by atoms with Crippen LogP contribution in [0.3, 0.4) is 0 Å². The number of benzene rings is 1. The summed E-state index contributed by atoms with van der Waals surface area (Å²) in [5, 5.41) is 0. The molecule has 1 radical (unpaired) electrons. The van der Waals surface area contributed by atoms with E-state index in [1.54, 1.807) is 18.5 Å². The van der Waals surface area contributed by atoms with Gasteiger partial charge in [-0.1, -0.05) is 12.1 Å². The van der Waals surface area contributed by atoms with E-state index in [1.165, 1.54) is 5.56 Å². The smallest absolute Gasteiger partial charge is 0.153 e. The third-order valence-corrected chi connectivity index (χ3v) is 2.35. The standard InChI is InChI=1S/C13H12NO/c1-10-5-3-7-13(11(10)2)15-12-6-4-8-14-9-12/h3-5,7-9H,1-2H3. The van der Waals surface area contributed by atoms with Crippen molar-refractivity contribution in [2.75, 3.05) is 0 Å². The van der Waals surface area contributed by atoms with Crippen molar-refractivity contribution in [2.24, 2.45) is 0 Å². The molecule has 0 atom stereocenters. The zero-order valence-electron chi connectivity index (χ0n) is 8.82. The van der Waals surface area contributed by atoms with Crippen LogP contribution in [0, 0.1) is 19.9 Å². The minimum Gasteiger partial charge on any atom is -0.455 e. The summed E-state index contributed by atoms with van der Waals surface area (Å²) in [6.07, 6.45) is 3.33. The van der Waals surface area contributed by atoms with E-state index in [9.17, 15) is 0 Å². The molecule has 0 aliphatic carbocycles. The van der Waals surface area contributed by atoms with Crippen molar-refractivity contribution < 1.29 is 4.74 Å². The van der Waals surface area contributed by atoms with Crippen LogP contribution in [0.15, 0.2) is 36.7 Å². The molecule has 0 amide bonds. The number of hydrogen-bond acceptors (Lipinski definition) is 2. The van der Waals surface area contributed by atoms with Gasteiger partial charge in [0.25, 0.3) is 0 Å². The van der Waals surface area contributed by atoms with Gasteiger partial charge in [-0.2, -0.15) is 0 Å². The predicted molar refractivity (Wildman–Crippen MR) is 59.1 cm³/mol. The van der Waals surface area contributed by atoms with Crippen LogP contribution in [0.25, 0.3) is 0 Å². The molecule has 0 aliphatic rings. The molecule has 2 heteroatoms. The number of hydrogen-bond donors (Lipinski definition) is 0. The molecule has 0 saturated heterocycles. The van der Waals surface area contributed by atoms with Crippen LogP contribution < -0.4 is 4.74 Å². The zero-order chi connectivity index (χ0) is 10.7. The molecule has 0 spiro atoms. The van der Waals surface area contributed by atoms with E-state index in [4.69, 9.17) is 4.74 Å². The normalized spacial score (nSPS) is 10.0. The Balaban J connectivity index is 2.29. The topological polar surface area (TPSA) is 22.1 Å². The fourth-order valence-corrected chi connectivity index (χ4v) is 1.32. The Morgan fingerprint density at radius 2 is 2.13 bits per heavy atom. The maximum atomic E-state index is 5.67. The Morgan fingerprint density at radius 3 is 2.87 bits per heavy atom. The largest absolute Gasteiger partial charge is 0.455 e. The van der Waals surface area contributed by atoms with Gasteiger partial charge in [0.2, 0.25) is 0 Å². The van der Waals surface area contributed by atoms with E-state index in [2.05, 4.69) is 24.0 Å². The molecule has 1 aromatic carbocycles. The van der Waals surface area contributed by atoms with E-state index >= 15 is 0 Å². The van der Waals surface area contributed by atoms with Gasteiger partial charge in [0, 0.05) is 12.3 Å². The Labute approximate surface area is 89.6 Å². The molecule has 0 bridgehead atoms. The molecule has 2 aromatic rings. The van der Waals surface area contributed by atoms with E-state index < -0.39 is 0 Å². The van der Waals surface area contributed by atoms with Gasteiger partial charge in [-0.05, 0) is 37.1 Å². The Bertz CT molecular complexity index is 451. The first-order chi connectivity index (χ1) is 7.27. The second-order valence-electron chi connectivity index (χ2n) is 3.40. The molecule has 15 heavy (non-hydrogen) atoms. The summed E-state index contributed by atoms with van der Waals surface area (Å²) in [4.78, 5) is 3.98. The van der Waals surface area contributed by atoms with Crippen LogP contribution in [-0.4, -0.2) is 4.98 Å². The number of rotatable bonds is 2. The van der Waals surface area contributed by atoms with Crippen LogP contribution in [0.4, 0.5) is 0 Å². The van der Waals surface area contributed by atoms with E-state index in [0.717, 1.165) is 11.3 Å². The summed E-state index contributed by atoms with van der Waals surface area (Å²) >= 11 is 0. The van der Waals surface area contributed by atoms with Crippen LogP contribution in [-0.2, 0) is 0 Å². The van der Waals surface area contributed by atoms with Crippen molar-refractivity contribution in [2.45, 2.75) is 13.8 Å². The summed E-state index contributed by atoms with van der Waals surface area (Å²) in [5.41, 5.74) is 2.37. The number of ether oxygens (including phenoxy) is 1. The van der Waals surface area contributed by atoms with Gasteiger partial charge >= 0.3 is 0 Å². The SMILES string of the molecule is Cc1cccc(Oc2[c]ccnc2)c1C. The van der Waals surface area contributed by atoms with Crippen molar-refractivity contribution >= 4 is 0 Å². The average molecular weight is 198 g/mol. The summed E-state index contributed by atoms with van der Waals surface area (Å²) in [7, 11) is 0. The average Bonchev–Trinajstić information content (AvgIpc) is 2.26. The van der Waals surface area contributed by atoms with Gasteiger partial charge in [-0.3, -0.25) is 4.98 Å². The Hall–Kier alpha value is -1.83. The number of nitrogens with zero attached hydrogens (tertiary/aromatic N) is 1. The zero-order valence-corrected chi connectivity index (χ0v) is 8.82. The highest BCUT2D eigenvalue weighted by molar-refractivity contribution is 5.40. The van der Waals surface area contributed by atoms with Gasteiger partial charge in [-0.15, -0.1) is 0 Å². The second kappa shape index (κ2) is 4.13. The lowest BCUT2D eigenvalue weighted by Crippen LogP contribution is -1.90. The first kappa shape index (κ1) is 9.71. The first-order valence-corrected chi connectivity index (χ1v) is 4.83. The van der Waals surface area contributed by atoms with Crippen molar-refractivity contribution in [1.29, 1.82) is 0 Å². The van der Waals surface area contributed by atoms with Crippen LogP contribution >= 0.6 is 0 Å². The molecule has 0 aliphatic heterocycles. The molecule has 2 rings (SSSR count). The lowest BCUT2D eigenvalue weighted by molar-refractivity contribution is 0.475. The Morgan fingerprint density at radius 1 is 1.27 bits per heavy atom. The lowest BCUT2D eigenvalue weighted by atomic mass is 10.1. The molecule has 0 unspecified atom stereocenters. The molecule has 1 aromatic heterocycles. The third kappa shape index (κ3) is 2.15. The van der Waals surface area contributed by atoms with Gasteiger partial charge in [-0.25, -0.2) is 0 Å². The van der Waals surface area contributed by atoms with Gasteiger partial charge in [0.05, 0.1) is 6.20 Å². The van der Waals surface area contributed by atoms with E-state index in [1.807, 2.05) is 19.1 Å². The van der Waals surface area contributed by atoms with Crippen LogP contribution in [0.2, 0.25) is 0 Å². The predicted octanol–water partition coefficient (Wildman–Crippen LogP) is 3.29. The minimum absolute atomic E-state index is 0.645. The second-order valence-corrected chi connectivity index (χ2v) is 3.40. The van der Waals surface area contributed by atoms with Crippen LogP contribution in [0.1, 0.15) is 11.1 Å². The fraction of sp³-hybridized carbons (Fsp3) is 0.154. The summed E-state index contributed by atoms with van der Waals surface area (Å²) in [5.74, 6) is 1.51. The van der Waals surface area contributed by atoms with Gasteiger partial charge in [0.15, 0.2) is 5.75 Å². The first-order valence-electron chi connectivity index (χ1n) is 4.83. The highest BCUT2D eigenvalue weighted by atomic mass is 16.5. The summed E-state index contributed by atoms with van der Waals surface area (Å²) < 4.78 is 5.67. The molecule has 0 saturated carbocycles.